The number of esters is 1. The van der Waals surface area contributed by atoms with Crippen molar-refractivity contribution in [3.63, 3.8) is 0 Å². The van der Waals surface area contributed by atoms with E-state index in [2.05, 4.69) is 24.3 Å². The van der Waals surface area contributed by atoms with Crippen molar-refractivity contribution in [1.29, 1.82) is 0 Å². The molecule has 2 aromatic carbocycles. The number of nitrogens with zero attached hydrogens (tertiary/aromatic N) is 2. The van der Waals surface area contributed by atoms with Gasteiger partial charge >= 0.3 is 12.1 Å². The maximum Gasteiger partial charge on any atom is 0.410 e. The molecule has 1 amide bonds. The van der Waals surface area contributed by atoms with Crippen molar-refractivity contribution in [2.75, 3.05) is 13.7 Å². The van der Waals surface area contributed by atoms with Gasteiger partial charge in [-0.1, -0.05) is 18.2 Å². The summed E-state index contributed by atoms with van der Waals surface area (Å²) in [5.41, 5.74) is 10.4. The lowest BCUT2D eigenvalue weighted by Crippen LogP contribution is -2.34. The highest BCUT2D eigenvalue weighted by Gasteiger charge is 2.28. The van der Waals surface area contributed by atoms with Crippen LogP contribution in [0.3, 0.4) is 0 Å². The van der Waals surface area contributed by atoms with Gasteiger partial charge in [-0.2, -0.15) is 0 Å². The quantitative estimate of drug-likeness (QED) is 0.329. The predicted molar refractivity (Wildman–Crippen MR) is 155 cm³/mol. The number of fused-ring (bicyclic) bond motifs is 3. The van der Waals surface area contributed by atoms with Gasteiger partial charge in [-0.15, -0.1) is 0 Å². The van der Waals surface area contributed by atoms with Crippen molar-refractivity contribution in [2.24, 2.45) is 7.05 Å². The zero-order chi connectivity index (χ0) is 27.9. The van der Waals surface area contributed by atoms with Crippen LogP contribution in [-0.2, 0) is 48.7 Å². The molecule has 0 radical (unpaired) electrons. The Hall–Kier alpha value is -3.28. The Bertz CT molecular complexity index is 1390. The molecule has 2 aliphatic carbocycles. The average molecular weight is 531 g/mol. The fraction of sp³-hybridized carbons (Fsp3) is 0.515. The highest BCUT2D eigenvalue weighted by Crippen LogP contribution is 2.41. The third-order valence-electron chi connectivity index (χ3n) is 8.16. The fourth-order valence-electron chi connectivity index (χ4n) is 6.38. The van der Waals surface area contributed by atoms with Crippen molar-refractivity contribution in [3.05, 3.63) is 57.8 Å². The van der Waals surface area contributed by atoms with Crippen LogP contribution in [0.1, 0.15) is 91.7 Å². The molecular weight excluding hydrogens is 488 g/mol. The van der Waals surface area contributed by atoms with Crippen LogP contribution in [0.2, 0.25) is 0 Å². The number of carbonyl (C=O) groups is 2. The number of amides is 1. The molecular formula is C33H42N2O4. The van der Waals surface area contributed by atoms with Gasteiger partial charge in [0.2, 0.25) is 0 Å². The summed E-state index contributed by atoms with van der Waals surface area (Å²) in [6.45, 7) is 7.89. The summed E-state index contributed by atoms with van der Waals surface area (Å²) >= 11 is 0. The van der Waals surface area contributed by atoms with Gasteiger partial charge in [0.15, 0.2) is 0 Å². The standard InChI is InChI=1S/C33H42N2O4/c1-7-38-31(36)30-26-17-16-23(19-27(26)35(6)28(30)20-34(5)32(37)39-33(2,3)4)29-24-14-10-8-12-21(24)18-22-13-9-11-15-25(22)29/h16-19H,7-15,20H2,1-6H3. The Morgan fingerprint density at radius 1 is 0.949 bits per heavy atom. The van der Waals surface area contributed by atoms with Crippen LogP contribution in [0, 0.1) is 0 Å². The van der Waals surface area contributed by atoms with Crippen LogP contribution < -0.4 is 0 Å². The lowest BCUT2D eigenvalue weighted by Gasteiger charge is -2.28. The van der Waals surface area contributed by atoms with Crippen LogP contribution in [0.15, 0.2) is 24.3 Å². The number of aryl methyl sites for hydroxylation is 3. The van der Waals surface area contributed by atoms with Crippen LogP contribution in [-0.4, -0.2) is 40.8 Å². The molecule has 0 bridgehead atoms. The smallest absolute Gasteiger partial charge is 0.410 e. The Balaban J connectivity index is 1.64. The van der Waals surface area contributed by atoms with Crippen molar-refractivity contribution < 1.29 is 19.1 Å². The van der Waals surface area contributed by atoms with Crippen molar-refractivity contribution in [1.82, 2.24) is 9.47 Å². The van der Waals surface area contributed by atoms with E-state index in [0.29, 0.717) is 5.56 Å². The lowest BCUT2D eigenvalue weighted by molar-refractivity contribution is 0.0278. The monoisotopic (exact) mass is 530 g/mol. The van der Waals surface area contributed by atoms with Gasteiger partial charge in [-0.3, -0.25) is 0 Å². The molecule has 0 spiro atoms. The van der Waals surface area contributed by atoms with Gasteiger partial charge in [0.05, 0.1) is 24.4 Å². The fourth-order valence-corrected chi connectivity index (χ4v) is 6.38. The molecule has 0 saturated carbocycles. The molecule has 5 rings (SSSR count). The van der Waals surface area contributed by atoms with E-state index >= 15 is 0 Å². The number of benzene rings is 2. The van der Waals surface area contributed by atoms with E-state index in [9.17, 15) is 9.59 Å². The first-order chi connectivity index (χ1) is 18.6. The maximum atomic E-state index is 13.2. The Morgan fingerprint density at radius 2 is 1.56 bits per heavy atom. The van der Waals surface area contributed by atoms with Gasteiger partial charge in [0, 0.05) is 25.0 Å². The number of aromatic nitrogens is 1. The van der Waals surface area contributed by atoms with Crippen molar-refractivity contribution in [2.45, 2.75) is 91.2 Å². The average Bonchev–Trinajstić information content (AvgIpc) is 3.17. The van der Waals surface area contributed by atoms with E-state index in [1.165, 1.54) is 64.0 Å². The highest BCUT2D eigenvalue weighted by atomic mass is 16.6. The van der Waals surface area contributed by atoms with Crippen molar-refractivity contribution in [3.8, 4) is 11.1 Å². The molecule has 0 N–H and O–H groups in total. The Morgan fingerprint density at radius 3 is 2.15 bits per heavy atom. The molecule has 208 valence electrons. The summed E-state index contributed by atoms with van der Waals surface area (Å²) in [4.78, 5) is 27.5. The molecule has 0 saturated heterocycles. The van der Waals surface area contributed by atoms with E-state index in [1.807, 2.05) is 39.3 Å². The summed E-state index contributed by atoms with van der Waals surface area (Å²) in [5, 5.41) is 0.853. The van der Waals surface area contributed by atoms with Crippen LogP contribution in [0.25, 0.3) is 22.0 Å². The van der Waals surface area contributed by atoms with E-state index in [0.717, 1.165) is 42.3 Å². The van der Waals surface area contributed by atoms with E-state index < -0.39 is 11.7 Å². The summed E-state index contributed by atoms with van der Waals surface area (Å²) in [5.74, 6) is -0.363. The topological polar surface area (TPSA) is 60.8 Å². The molecule has 0 fully saturated rings. The number of ether oxygens (including phenoxy) is 2. The molecule has 0 aliphatic heterocycles. The van der Waals surface area contributed by atoms with Gasteiger partial charge in [0.25, 0.3) is 0 Å². The summed E-state index contributed by atoms with van der Waals surface area (Å²) in [7, 11) is 3.68. The first kappa shape index (κ1) is 27.3. The largest absolute Gasteiger partial charge is 0.462 e. The van der Waals surface area contributed by atoms with E-state index in [1.54, 1.807) is 7.05 Å². The molecule has 6 nitrogen and oxygen atoms in total. The zero-order valence-corrected chi connectivity index (χ0v) is 24.4. The summed E-state index contributed by atoms with van der Waals surface area (Å²) < 4.78 is 13.1. The molecule has 0 unspecified atom stereocenters. The lowest BCUT2D eigenvalue weighted by atomic mass is 9.77. The van der Waals surface area contributed by atoms with Gasteiger partial charge in [0.1, 0.15) is 5.60 Å². The third kappa shape index (κ3) is 5.30. The first-order valence-electron chi connectivity index (χ1n) is 14.5. The Labute approximate surface area is 232 Å². The minimum Gasteiger partial charge on any atom is -0.462 e. The van der Waals surface area contributed by atoms with Gasteiger partial charge < -0.3 is 18.9 Å². The zero-order valence-electron chi connectivity index (χ0n) is 24.4. The Kier molecular flexibility index (Phi) is 7.49. The van der Waals surface area contributed by atoms with Gasteiger partial charge in [-0.25, -0.2) is 9.59 Å². The van der Waals surface area contributed by atoms with Gasteiger partial charge in [-0.05, 0) is 119 Å². The number of rotatable bonds is 5. The number of hydrogen-bond donors (Lipinski definition) is 0. The highest BCUT2D eigenvalue weighted by molar-refractivity contribution is 6.07. The second-order valence-corrected chi connectivity index (χ2v) is 12.1. The number of hydrogen-bond acceptors (Lipinski definition) is 4. The second kappa shape index (κ2) is 10.7. The molecule has 2 aliphatic rings. The molecule has 3 aromatic rings. The normalized spacial score (nSPS) is 15.0. The third-order valence-corrected chi connectivity index (χ3v) is 8.16. The van der Waals surface area contributed by atoms with Crippen molar-refractivity contribution >= 4 is 23.0 Å². The minimum absolute atomic E-state index is 0.236. The molecule has 1 aromatic heterocycles. The van der Waals surface area contributed by atoms with Crippen LogP contribution >= 0.6 is 0 Å². The SMILES string of the molecule is CCOC(=O)c1c(CN(C)C(=O)OC(C)(C)C)n(C)c2cc(-c3c4c(cc5c3CCCC5)CCCC4)ccc12. The molecule has 0 atom stereocenters. The first-order valence-corrected chi connectivity index (χ1v) is 14.5. The van der Waals surface area contributed by atoms with E-state index in [-0.39, 0.29) is 19.1 Å². The van der Waals surface area contributed by atoms with Crippen LogP contribution in [0.5, 0.6) is 0 Å². The molecule has 39 heavy (non-hydrogen) atoms. The predicted octanol–water partition coefficient (Wildman–Crippen LogP) is 7.15. The molecule has 6 heteroatoms. The molecule has 1 heterocycles. The van der Waals surface area contributed by atoms with E-state index in [4.69, 9.17) is 9.47 Å². The second-order valence-electron chi connectivity index (χ2n) is 12.1. The number of carbonyl (C=O) groups excluding carboxylic acids is 2. The maximum absolute atomic E-state index is 13.2. The summed E-state index contributed by atoms with van der Waals surface area (Å²) in [6.07, 6.45) is 9.15. The minimum atomic E-state index is -0.600. The van der Waals surface area contributed by atoms with Crippen LogP contribution in [0.4, 0.5) is 4.79 Å². The summed E-state index contributed by atoms with van der Waals surface area (Å²) in [6, 6.07) is 9.00.